The summed E-state index contributed by atoms with van der Waals surface area (Å²) in [7, 11) is 0. The molecule has 68 valence electrons. The van der Waals surface area contributed by atoms with E-state index in [0.717, 1.165) is 0 Å². The van der Waals surface area contributed by atoms with Gasteiger partial charge < -0.3 is 4.74 Å². The lowest BCUT2D eigenvalue weighted by Gasteiger charge is -2.23. The molecule has 1 heteroatoms. The summed E-state index contributed by atoms with van der Waals surface area (Å²) in [5.41, 5.74) is 0. The van der Waals surface area contributed by atoms with Crippen molar-refractivity contribution in [1.82, 2.24) is 0 Å². The van der Waals surface area contributed by atoms with Gasteiger partial charge >= 0.3 is 0 Å². The van der Waals surface area contributed by atoms with Crippen molar-refractivity contribution in [2.24, 2.45) is 0 Å². The first-order valence-corrected chi connectivity index (χ1v) is 5.31. The summed E-state index contributed by atoms with van der Waals surface area (Å²) in [6.45, 7) is 0. The zero-order chi connectivity index (χ0) is 8.23. The molecule has 1 unspecified atom stereocenters. The molecule has 2 bridgehead atoms. The van der Waals surface area contributed by atoms with E-state index in [-0.39, 0.29) is 0 Å². The lowest BCUT2D eigenvalue weighted by atomic mass is 10.1. The summed E-state index contributed by atoms with van der Waals surface area (Å²) in [5.74, 6) is 1.29. The zero-order valence-corrected chi connectivity index (χ0v) is 7.72. The van der Waals surface area contributed by atoms with Crippen molar-refractivity contribution < 1.29 is 4.74 Å². The maximum absolute atomic E-state index is 5.87. The van der Waals surface area contributed by atoms with Crippen LogP contribution in [-0.4, -0.2) is 6.10 Å². The molecule has 0 aliphatic carbocycles. The van der Waals surface area contributed by atoms with Crippen LogP contribution >= 0.6 is 0 Å². The molecule has 1 nitrogen and oxygen atoms in total. The number of allylic oxidation sites excluding steroid dienone is 2. The highest BCUT2D eigenvalue weighted by Crippen LogP contribution is 2.26. The quantitative estimate of drug-likeness (QED) is 0.536. The third-order valence-electron chi connectivity index (χ3n) is 2.88. The number of hydrogen-bond donors (Lipinski definition) is 0. The molecule has 2 rings (SSSR count). The zero-order valence-electron chi connectivity index (χ0n) is 7.72. The Kier molecular flexibility index (Phi) is 2.70. The molecule has 2 aliphatic heterocycles. The van der Waals surface area contributed by atoms with Crippen molar-refractivity contribution in [2.75, 3.05) is 0 Å². The number of ether oxygens (including phenoxy) is 1. The Morgan fingerprint density at radius 2 is 2.00 bits per heavy atom. The van der Waals surface area contributed by atoms with Gasteiger partial charge in [-0.25, -0.2) is 0 Å². The maximum Gasteiger partial charge on any atom is 0.0985 e. The van der Waals surface area contributed by atoms with Crippen LogP contribution in [0, 0.1) is 0 Å². The molecular formula is C11H18O. The average Bonchev–Trinajstić information content (AvgIpc) is 2.17. The first-order valence-electron chi connectivity index (χ1n) is 5.31. The second-order valence-corrected chi connectivity index (χ2v) is 3.94. The number of rotatable bonds is 0. The topological polar surface area (TPSA) is 9.23 Å². The van der Waals surface area contributed by atoms with Crippen LogP contribution in [0.25, 0.3) is 0 Å². The second-order valence-electron chi connectivity index (χ2n) is 3.94. The van der Waals surface area contributed by atoms with Crippen LogP contribution in [0.5, 0.6) is 0 Å². The van der Waals surface area contributed by atoms with Crippen molar-refractivity contribution in [1.29, 1.82) is 0 Å². The van der Waals surface area contributed by atoms with Gasteiger partial charge in [-0.05, 0) is 38.2 Å². The molecular weight excluding hydrogens is 148 g/mol. The van der Waals surface area contributed by atoms with Gasteiger partial charge in [0.05, 0.1) is 11.9 Å². The van der Waals surface area contributed by atoms with E-state index in [2.05, 4.69) is 6.08 Å². The lowest BCUT2D eigenvalue weighted by molar-refractivity contribution is 0.0828. The minimum atomic E-state index is 0.558. The van der Waals surface area contributed by atoms with Gasteiger partial charge in [0.25, 0.3) is 0 Å². The number of fused-ring (bicyclic) bond motifs is 2. The van der Waals surface area contributed by atoms with E-state index >= 15 is 0 Å². The van der Waals surface area contributed by atoms with E-state index in [1.54, 1.807) is 0 Å². The van der Waals surface area contributed by atoms with Gasteiger partial charge in [-0.1, -0.05) is 12.8 Å². The third-order valence-corrected chi connectivity index (χ3v) is 2.88. The summed E-state index contributed by atoms with van der Waals surface area (Å²) in [6, 6.07) is 0. The molecule has 1 atom stereocenters. The van der Waals surface area contributed by atoms with Crippen LogP contribution in [-0.2, 0) is 4.74 Å². The third kappa shape index (κ3) is 2.02. The molecule has 1 saturated heterocycles. The van der Waals surface area contributed by atoms with Crippen molar-refractivity contribution in [3.8, 4) is 0 Å². The molecule has 0 N–H and O–H groups in total. The van der Waals surface area contributed by atoms with Crippen LogP contribution in [0.4, 0.5) is 0 Å². The van der Waals surface area contributed by atoms with Gasteiger partial charge in [0.15, 0.2) is 0 Å². The highest BCUT2D eigenvalue weighted by atomic mass is 16.5. The van der Waals surface area contributed by atoms with Crippen molar-refractivity contribution >= 4 is 0 Å². The lowest BCUT2D eigenvalue weighted by Crippen LogP contribution is -2.15. The van der Waals surface area contributed by atoms with Gasteiger partial charge in [-0.3, -0.25) is 0 Å². The van der Waals surface area contributed by atoms with Gasteiger partial charge in [0, 0.05) is 6.42 Å². The van der Waals surface area contributed by atoms with Crippen LogP contribution in [0.3, 0.4) is 0 Å². The highest BCUT2D eigenvalue weighted by molar-refractivity contribution is 4.98. The van der Waals surface area contributed by atoms with Gasteiger partial charge in [0.1, 0.15) is 0 Å². The summed E-state index contributed by atoms with van der Waals surface area (Å²) >= 11 is 0. The predicted molar refractivity (Wildman–Crippen MR) is 49.9 cm³/mol. The van der Waals surface area contributed by atoms with E-state index in [1.807, 2.05) is 0 Å². The molecule has 2 aliphatic rings. The first kappa shape index (κ1) is 8.15. The number of hydrogen-bond acceptors (Lipinski definition) is 1. The van der Waals surface area contributed by atoms with Crippen molar-refractivity contribution in [3.63, 3.8) is 0 Å². The fraction of sp³-hybridized carbons (Fsp3) is 0.818. The molecule has 0 saturated carbocycles. The molecule has 0 amide bonds. The molecule has 0 aromatic heterocycles. The van der Waals surface area contributed by atoms with Gasteiger partial charge in [-0.2, -0.15) is 0 Å². The Morgan fingerprint density at radius 3 is 3.00 bits per heavy atom. The molecule has 12 heavy (non-hydrogen) atoms. The molecule has 0 spiro atoms. The summed E-state index contributed by atoms with van der Waals surface area (Å²) in [5, 5.41) is 0. The molecule has 2 heterocycles. The molecule has 0 aromatic rings. The van der Waals surface area contributed by atoms with Gasteiger partial charge in [-0.15, -0.1) is 0 Å². The fourth-order valence-electron chi connectivity index (χ4n) is 2.14. The summed E-state index contributed by atoms with van der Waals surface area (Å²) < 4.78 is 5.87. The highest BCUT2D eigenvalue weighted by Gasteiger charge is 2.16. The molecule has 1 fully saturated rings. The smallest absolute Gasteiger partial charge is 0.0985 e. The second kappa shape index (κ2) is 3.97. The fourth-order valence-corrected chi connectivity index (χ4v) is 2.14. The first-order chi connectivity index (χ1) is 5.95. The van der Waals surface area contributed by atoms with Crippen LogP contribution in [0.15, 0.2) is 11.8 Å². The summed E-state index contributed by atoms with van der Waals surface area (Å²) in [6.07, 6.45) is 13.3. The molecule has 0 radical (unpaired) electrons. The summed E-state index contributed by atoms with van der Waals surface area (Å²) in [4.78, 5) is 0. The van der Waals surface area contributed by atoms with Gasteiger partial charge in [0.2, 0.25) is 0 Å². The van der Waals surface area contributed by atoms with Crippen LogP contribution in [0.2, 0.25) is 0 Å². The molecule has 0 aromatic carbocycles. The Labute approximate surface area is 74.8 Å². The largest absolute Gasteiger partial charge is 0.495 e. The standard InChI is InChI=1S/C11H18O/c1-2-4-7-11-9-5-8-10(12-11)6-3-1/h8,11H,1-7,9H2. The minimum Gasteiger partial charge on any atom is -0.495 e. The van der Waals surface area contributed by atoms with E-state index in [4.69, 9.17) is 4.74 Å². The van der Waals surface area contributed by atoms with Crippen LogP contribution in [0.1, 0.15) is 51.4 Å². The monoisotopic (exact) mass is 166 g/mol. The van der Waals surface area contributed by atoms with E-state index in [9.17, 15) is 0 Å². The maximum atomic E-state index is 5.87. The minimum absolute atomic E-state index is 0.558. The van der Waals surface area contributed by atoms with E-state index in [0.29, 0.717) is 6.10 Å². The Bertz CT molecular complexity index is 172. The Morgan fingerprint density at radius 1 is 1.08 bits per heavy atom. The van der Waals surface area contributed by atoms with Crippen molar-refractivity contribution in [2.45, 2.75) is 57.5 Å². The normalized spacial score (nSPS) is 30.7. The SMILES string of the molecule is C1=C2CCCCCCC(CC1)O2. The average molecular weight is 166 g/mol. The Balaban J connectivity index is 1.98. The predicted octanol–water partition coefficient (Wildman–Crippen LogP) is 3.40. The van der Waals surface area contributed by atoms with Crippen LogP contribution < -0.4 is 0 Å². The van der Waals surface area contributed by atoms with E-state index in [1.165, 1.54) is 57.1 Å². The Hall–Kier alpha value is -0.460. The van der Waals surface area contributed by atoms with Crippen molar-refractivity contribution in [3.05, 3.63) is 11.8 Å². The van der Waals surface area contributed by atoms with E-state index < -0.39 is 0 Å².